The fourth-order valence-corrected chi connectivity index (χ4v) is 2.39. The van der Waals surface area contributed by atoms with Crippen LogP contribution in [0.1, 0.15) is 11.6 Å². The smallest absolute Gasteiger partial charge is 0.226 e. The van der Waals surface area contributed by atoms with Crippen LogP contribution in [0.3, 0.4) is 0 Å². The van der Waals surface area contributed by atoms with E-state index in [4.69, 9.17) is 16.3 Å². The number of fused-ring (bicyclic) bond motifs is 1. The van der Waals surface area contributed by atoms with E-state index in [-0.39, 0.29) is 6.04 Å². The molecule has 1 N–H and O–H groups in total. The minimum atomic E-state index is -3.41. The minimum absolute atomic E-state index is 0.315. The average molecular weight is 248 g/mol. The lowest BCUT2D eigenvalue weighted by Gasteiger charge is -2.09. The third kappa shape index (κ3) is 2.25. The highest BCUT2D eigenvalue weighted by atomic mass is 35.5. The van der Waals surface area contributed by atoms with Gasteiger partial charge in [0.2, 0.25) is 10.0 Å². The van der Waals surface area contributed by atoms with Crippen LogP contribution in [-0.2, 0) is 10.0 Å². The number of sulfonamides is 1. The van der Waals surface area contributed by atoms with Crippen LogP contribution in [-0.4, -0.2) is 20.2 Å². The van der Waals surface area contributed by atoms with Gasteiger partial charge in [-0.25, -0.2) is 13.1 Å². The van der Waals surface area contributed by atoms with E-state index < -0.39 is 15.2 Å². The number of rotatable bonds is 3. The molecule has 1 heterocycles. The molecule has 0 bridgehead atoms. The summed E-state index contributed by atoms with van der Waals surface area (Å²) < 4.78 is 30.3. The number of hydrogen-bond acceptors (Lipinski definition) is 3. The summed E-state index contributed by atoms with van der Waals surface area (Å²) in [7, 11) is -3.41. The fourth-order valence-electron chi connectivity index (χ4n) is 1.51. The second kappa shape index (κ2) is 4.00. The molecule has 0 amide bonds. The molecule has 1 aromatic carbocycles. The fraction of sp³-hybridized carbons (Fsp3) is 0.333. The van der Waals surface area contributed by atoms with E-state index in [1.807, 2.05) is 24.3 Å². The molecular weight excluding hydrogens is 238 g/mol. The number of benzene rings is 1. The van der Waals surface area contributed by atoms with E-state index in [2.05, 4.69) is 4.72 Å². The first-order chi connectivity index (χ1) is 7.12. The van der Waals surface area contributed by atoms with E-state index in [0.29, 0.717) is 6.61 Å². The Kier molecular flexibility index (Phi) is 2.86. The molecule has 1 aromatic rings. The molecule has 82 valence electrons. The molecule has 0 aliphatic carbocycles. The zero-order chi connectivity index (χ0) is 10.9. The van der Waals surface area contributed by atoms with Gasteiger partial charge in [0.15, 0.2) is 0 Å². The summed E-state index contributed by atoms with van der Waals surface area (Å²) in [4.78, 5) is 0. The highest BCUT2D eigenvalue weighted by Gasteiger charge is 2.27. The number of ether oxygens (including phenoxy) is 1. The van der Waals surface area contributed by atoms with Gasteiger partial charge in [0, 0.05) is 5.56 Å². The summed E-state index contributed by atoms with van der Waals surface area (Å²) >= 11 is 5.31. The molecule has 1 aliphatic rings. The third-order valence-electron chi connectivity index (χ3n) is 2.17. The Bertz CT molecular complexity index is 460. The van der Waals surface area contributed by atoms with Crippen molar-refractivity contribution in [2.45, 2.75) is 6.04 Å². The van der Waals surface area contributed by atoms with Gasteiger partial charge in [-0.1, -0.05) is 18.2 Å². The van der Waals surface area contributed by atoms with Crippen molar-refractivity contribution in [3.8, 4) is 5.75 Å². The van der Waals surface area contributed by atoms with E-state index >= 15 is 0 Å². The first-order valence-electron chi connectivity index (χ1n) is 4.40. The predicted octanol–water partition coefficient (Wildman–Crippen LogP) is 1.24. The van der Waals surface area contributed by atoms with Crippen LogP contribution in [0.25, 0.3) is 0 Å². The van der Waals surface area contributed by atoms with Crippen molar-refractivity contribution in [3.05, 3.63) is 29.8 Å². The van der Waals surface area contributed by atoms with Crippen LogP contribution in [0.4, 0.5) is 0 Å². The number of nitrogens with one attached hydrogen (secondary N) is 1. The lowest BCUT2D eigenvalue weighted by molar-refractivity contribution is 0.325. The highest BCUT2D eigenvalue weighted by molar-refractivity contribution is 7.90. The van der Waals surface area contributed by atoms with E-state index in [1.165, 1.54) is 0 Å². The Balaban J connectivity index is 2.22. The summed E-state index contributed by atoms with van der Waals surface area (Å²) in [6.07, 6.45) is 0. The monoisotopic (exact) mass is 247 g/mol. The average Bonchev–Trinajstić information content (AvgIpc) is 2.62. The molecule has 1 unspecified atom stereocenters. The Labute approximate surface area is 93.2 Å². The van der Waals surface area contributed by atoms with Gasteiger partial charge in [0.1, 0.15) is 17.6 Å². The molecule has 0 aromatic heterocycles. The second-order valence-corrected chi connectivity index (χ2v) is 5.58. The summed E-state index contributed by atoms with van der Waals surface area (Å²) in [6.45, 7) is 0.315. The molecule has 0 fully saturated rings. The number of hydrogen-bond donors (Lipinski definition) is 1. The Morgan fingerprint density at radius 2 is 2.20 bits per heavy atom. The number of halogens is 1. The van der Waals surface area contributed by atoms with E-state index in [1.54, 1.807) is 0 Å². The first-order valence-corrected chi connectivity index (χ1v) is 6.59. The second-order valence-electron chi connectivity index (χ2n) is 3.24. The maximum absolute atomic E-state index is 11.3. The van der Waals surface area contributed by atoms with Crippen LogP contribution in [0.15, 0.2) is 24.3 Å². The summed E-state index contributed by atoms with van der Waals surface area (Å²) in [5, 5.41) is -0.439. The van der Waals surface area contributed by atoms with Gasteiger partial charge in [-0.05, 0) is 6.07 Å². The third-order valence-corrected chi connectivity index (χ3v) is 3.96. The maximum atomic E-state index is 11.3. The van der Waals surface area contributed by atoms with Crippen molar-refractivity contribution < 1.29 is 13.2 Å². The molecule has 6 heteroatoms. The molecule has 0 radical (unpaired) electrons. The molecule has 0 saturated heterocycles. The largest absolute Gasteiger partial charge is 0.491 e. The van der Waals surface area contributed by atoms with Crippen LogP contribution >= 0.6 is 11.6 Å². The predicted molar refractivity (Wildman–Crippen MR) is 57.5 cm³/mol. The minimum Gasteiger partial charge on any atom is -0.491 e. The van der Waals surface area contributed by atoms with Gasteiger partial charge in [0.05, 0.1) is 6.04 Å². The van der Waals surface area contributed by atoms with Crippen LogP contribution in [0.2, 0.25) is 0 Å². The number of para-hydroxylation sites is 1. The Morgan fingerprint density at radius 3 is 2.93 bits per heavy atom. The Morgan fingerprint density at radius 1 is 1.47 bits per heavy atom. The Hall–Kier alpha value is -0.780. The van der Waals surface area contributed by atoms with Gasteiger partial charge in [-0.3, -0.25) is 0 Å². The van der Waals surface area contributed by atoms with Crippen molar-refractivity contribution in [2.75, 3.05) is 11.8 Å². The number of alkyl halides is 1. The molecule has 0 spiro atoms. The molecule has 0 saturated carbocycles. The molecule has 15 heavy (non-hydrogen) atoms. The van der Waals surface area contributed by atoms with Crippen molar-refractivity contribution >= 4 is 21.6 Å². The maximum Gasteiger partial charge on any atom is 0.226 e. The van der Waals surface area contributed by atoms with Crippen LogP contribution in [0.5, 0.6) is 5.75 Å². The van der Waals surface area contributed by atoms with Crippen molar-refractivity contribution in [1.82, 2.24) is 4.72 Å². The summed E-state index contributed by atoms with van der Waals surface area (Å²) in [5.74, 6) is 0.722. The zero-order valence-electron chi connectivity index (χ0n) is 7.81. The van der Waals surface area contributed by atoms with Crippen LogP contribution < -0.4 is 9.46 Å². The zero-order valence-corrected chi connectivity index (χ0v) is 9.38. The van der Waals surface area contributed by atoms with Gasteiger partial charge in [0.25, 0.3) is 0 Å². The van der Waals surface area contributed by atoms with E-state index in [9.17, 15) is 8.42 Å². The van der Waals surface area contributed by atoms with Gasteiger partial charge in [-0.15, -0.1) is 11.6 Å². The van der Waals surface area contributed by atoms with Crippen molar-refractivity contribution in [1.29, 1.82) is 0 Å². The van der Waals surface area contributed by atoms with Crippen LogP contribution in [0, 0.1) is 0 Å². The van der Waals surface area contributed by atoms with E-state index in [0.717, 1.165) is 11.3 Å². The molecule has 4 nitrogen and oxygen atoms in total. The summed E-state index contributed by atoms with van der Waals surface area (Å²) in [5.41, 5.74) is 0.853. The van der Waals surface area contributed by atoms with Crippen molar-refractivity contribution in [3.63, 3.8) is 0 Å². The lowest BCUT2D eigenvalue weighted by Crippen LogP contribution is -2.30. The topological polar surface area (TPSA) is 55.4 Å². The summed E-state index contributed by atoms with van der Waals surface area (Å²) in [6, 6.07) is 7.01. The standard InChI is InChI=1S/C9H10ClNO3S/c10-6-15(12,13)11-8-5-14-9-4-2-1-3-7(8)9/h1-4,8,11H,5-6H2. The SMILES string of the molecule is O=S(=O)(CCl)NC1COc2ccccc21. The van der Waals surface area contributed by atoms with Gasteiger partial charge >= 0.3 is 0 Å². The lowest BCUT2D eigenvalue weighted by atomic mass is 10.1. The molecule has 1 aliphatic heterocycles. The molecular formula is C9H10ClNO3S. The van der Waals surface area contributed by atoms with Gasteiger partial charge in [-0.2, -0.15) is 0 Å². The van der Waals surface area contributed by atoms with Crippen molar-refractivity contribution in [2.24, 2.45) is 0 Å². The molecule has 2 rings (SSSR count). The van der Waals surface area contributed by atoms with Gasteiger partial charge < -0.3 is 4.74 Å². The normalized spacial score (nSPS) is 19.7. The molecule has 1 atom stereocenters. The first kappa shape index (κ1) is 10.7. The highest BCUT2D eigenvalue weighted by Crippen LogP contribution is 2.31. The quantitative estimate of drug-likeness (QED) is 0.818.